The van der Waals surface area contributed by atoms with Crippen LogP contribution in [0.4, 0.5) is 11.4 Å². The molecule has 0 radical (unpaired) electrons. The van der Waals surface area contributed by atoms with E-state index in [1.165, 1.54) is 19.4 Å². The van der Waals surface area contributed by atoms with Crippen LogP contribution in [0, 0.1) is 0 Å². The van der Waals surface area contributed by atoms with Crippen LogP contribution in [0.1, 0.15) is 15.9 Å². The lowest BCUT2D eigenvalue weighted by Crippen LogP contribution is -2.18. The highest BCUT2D eigenvalue weighted by Gasteiger charge is 2.10. The number of phenols is 1. The highest BCUT2D eigenvalue weighted by Crippen LogP contribution is 2.24. The standard InChI is InChI=1S/C21H18N4O3/c1-28-20-10-6-5-9-18(20)21(27)25-22-14-15-13-17(11-12-19(15)26)24-23-16-7-3-2-4-8-16/h2-14,26H,1H3,(H,25,27). The van der Waals surface area contributed by atoms with Gasteiger partial charge in [0.25, 0.3) is 5.91 Å². The van der Waals surface area contributed by atoms with Crippen molar-refractivity contribution in [2.75, 3.05) is 7.11 Å². The Morgan fingerprint density at radius 3 is 2.46 bits per heavy atom. The maximum absolute atomic E-state index is 12.2. The van der Waals surface area contributed by atoms with Crippen molar-refractivity contribution in [2.45, 2.75) is 0 Å². The highest BCUT2D eigenvalue weighted by atomic mass is 16.5. The first-order valence-corrected chi connectivity index (χ1v) is 8.43. The van der Waals surface area contributed by atoms with Crippen LogP contribution in [0.15, 0.2) is 88.1 Å². The number of carbonyl (C=O) groups excluding carboxylic acids is 1. The van der Waals surface area contributed by atoms with Gasteiger partial charge in [-0.2, -0.15) is 15.3 Å². The zero-order chi connectivity index (χ0) is 19.8. The number of nitrogens with one attached hydrogen (secondary N) is 1. The van der Waals surface area contributed by atoms with E-state index in [0.29, 0.717) is 22.6 Å². The minimum Gasteiger partial charge on any atom is -0.507 e. The number of aromatic hydroxyl groups is 1. The van der Waals surface area contributed by atoms with Gasteiger partial charge in [0.1, 0.15) is 11.5 Å². The van der Waals surface area contributed by atoms with E-state index in [2.05, 4.69) is 20.8 Å². The molecule has 0 fully saturated rings. The van der Waals surface area contributed by atoms with Gasteiger partial charge in [-0.15, -0.1) is 0 Å². The smallest absolute Gasteiger partial charge is 0.275 e. The number of para-hydroxylation sites is 1. The largest absolute Gasteiger partial charge is 0.507 e. The Morgan fingerprint density at radius 2 is 1.68 bits per heavy atom. The van der Waals surface area contributed by atoms with E-state index in [-0.39, 0.29) is 5.75 Å². The van der Waals surface area contributed by atoms with Crippen molar-refractivity contribution in [3.63, 3.8) is 0 Å². The molecule has 0 aliphatic carbocycles. The SMILES string of the molecule is COc1ccccc1C(=O)NN=Cc1cc(N=Nc2ccccc2)ccc1O. The second-order valence-corrected chi connectivity index (χ2v) is 5.68. The molecule has 28 heavy (non-hydrogen) atoms. The normalized spacial score (nSPS) is 11.0. The second-order valence-electron chi connectivity index (χ2n) is 5.68. The first kappa shape index (κ1) is 18.8. The van der Waals surface area contributed by atoms with E-state index in [1.807, 2.05) is 30.3 Å². The molecule has 3 aromatic carbocycles. The zero-order valence-electron chi connectivity index (χ0n) is 15.1. The van der Waals surface area contributed by atoms with Crippen LogP contribution >= 0.6 is 0 Å². The number of amides is 1. The van der Waals surface area contributed by atoms with Gasteiger partial charge in [-0.25, -0.2) is 5.43 Å². The monoisotopic (exact) mass is 374 g/mol. The molecule has 2 N–H and O–H groups in total. The van der Waals surface area contributed by atoms with Gasteiger partial charge in [0.2, 0.25) is 0 Å². The summed E-state index contributed by atoms with van der Waals surface area (Å²) in [4.78, 5) is 12.2. The minimum absolute atomic E-state index is 0.00829. The summed E-state index contributed by atoms with van der Waals surface area (Å²) in [6.45, 7) is 0. The number of benzene rings is 3. The Hall–Kier alpha value is -4.00. The maximum Gasteiger partial charge on any atom is 0.275 e. The molecule has 0 aliphatic heterocycles. The topological polar surface area (TPSA) is 95.6 Å². The molecule has 7 heteroatoms. The van der Waals surface area contributed by atoms with Gasteiger partial charge in [-0.1, -0.05) is 30.3 Å². The summed E-state index contributed by atoms with van der Waals surface area (Å²) in [5.41, 5.74) is 4.42. The molecule has 0 saturated carbocycles. The second kappa shape index (κ2) is 9.09. The molecule has 3 rings (SSSR count). The van der Waals surface area contributed by atoms with Crippen molar-refractivity contribution >= 4 is 23.5 Å². The van der Waals surface area contributed by atoms with Crippen molar-refractivity contribution in [1.29, 1.82) is 0 Å². The zero-order valence-corrected chi connectivity index (χ0v) is 15.1. The molecule has 0 aromatic heterocycles. The van der Waals surface area contributed by atoms with Crippen molar-refractivity contribution in [1.82, 2.24) is 5.43 Å². The summed E-state index contributed by atoms with van der Waals surface area (Å²) < 4.78 is 5.15. The van der Waals surface area contributed by atoms with Crippen LogP contribution in [-0.4, -0.2) is 24.3 Å². The van der Waals surface area contributed by atoms with Gasteiger partial charge in [-0.3, -0.25) is 4.79 Å². The Labute approximate surface area is 162 Å². The van der Waals surface area contributed by atoms with Crippen LogP contribution in [0.2, 0.25) is 0 Å². The van der Waals surface area contributed by atoms with Crippen LogP contribution < -0.4 is 10.2 Å². The summed E-state index contributed by atoms with van der Waals surface area (Å²) in [5, 5.41) is 22.2. The molecule has 0 saturated heterocycles. The summed E-state index contributed by atoms with van der Waals surface area (Å²) in [5.74, 6) is 0.0310. The highest BCUT2D eigenvalue weighted by molar-refractivity contribution is 5.97. The number of nitrogens with zero attached hydrogens (tertiary/aromatic N) is 3. The Bertz CT molecular complexity index is 1020. The predicted octanol–water partition coefficient (Wildman–Crippen LogP) is 4.58. The molecule has 1 amide bonds. The number of hydrazone groups is 1. The fraction of sp³-hybridized carbons (Fsp3) is 0.0476. The summed E-state index contributed by atoms with van der Waals surface area (Å²) in [7, 11) is 1.49. The van der Waals surface area contributed by atoms with Gasteiger partial charge in [0.15, 0.2) is 0 Å². The van der Waals surface area contributed by atoms with Crippen LogP contribution in [-0.2, 0) is 0 Å². The number of rotatable bonds is 6. The first-order chi connectivity index (χ1) is 13.7. The fourth-order valence-electron chi connectivity index (χ4n) is 2.37. The van der Waals surface area contributed by atoms with Crippen molar-refractivity contribution in [2.24, 2.45) is 15.3 Å². The lowest BCUT2D eigenvalue weighted by Gasteiger charge is -2.06. The molecule has 7 nitrogen and oxygen atoms in total. The molecule has 0 unspecified atom stereocenters. The van der Waals surface area contributed by atoms with Gasteiger partial charge >= 0.3 is 0 Å². The van der Waals surface area contributed by atoms with Crippen molar-refractivity contribution in [3.05, 3.63) is 83.9 Å². The number of azo groups is 1. The van der Waals surface area contributed by atoms with Gasteiger partial charge in [0.05, 0.1) is 30.3 Å². The molecule has 0 atom stereocenters. The van der Waals surface area contributed by atoms with Crippen LogP contribution in [0.25, 0.3) is 0 Å². The van der Waals surface area contributed by atoms with E-state index < -0.39 is 5.91 Å². The number of phenolic OH excluding ortho intramolecular Hbond substituents is 1. The quantitative estimate of drug-likeness (QED) is 0.375. The van der Waals surface area contributed by atoms with Gasteiger partial charge in [-0.05, 0) is 42.5 Å². The van der Waals surface area contributed by atoms with Crippen molar-refractivity contribution < 1.29 is 14.6 Å². The van der Waals surface area contributed by atoms with Crippen LogP contribution in [0.5, 0.6) is 11.5 Å². The summed E-state index contributed by atoms with van der Waals surface area (Å²) >= 11 is 0. The van der Waals surface area contributed by atoms with E-state index in [1.54, 1.807) is 36.4 Å². The minimum atomic E-state index is -0.423. The Kier molecular flexibility index (Phi) is 6.10. The molecule has 0 bridgehead atoms. The van der Waals surface area contributed by atoms with Crippen LogP contribution in [0.3, 0.4) is 0 Å². The number of hydrogen-bond acceptors (Lipinski definition) is 6. The fourth-order valence-corrected chi connectivity index (χ4v) is 2.37. The van der Waals surface area contributed by atoms with E-state index in [9.17, 15) is 9.90 Å². The lowest BCUT2D eigenvalue weighted by molar-refractivity contribution is 0.0952. The Balaban J connectivity index is 1.71. The molecular formula is C21H18N4O3. The number of hydrogen-bond donors (Lipinski definition) is 2. The van der Waals surface area contributed by atoms with Crippen molar-refractivity contribution in [3.8, 4) is 11.5 Å². The Morgan fingerprint density at radius 1 is 0.964 bits per heavy atom. The van der Waals surface area contributed by atoms with Gasteiger partial charge in [0, 0.05) is 5.56 Å². The average Bonchev–Trinajstić information content (AvgIpc) is 2.74. The molecule has 140 valence electrons. The molecule has 0 heterocycles. The maximum atomic E-state index is 12.2. The number of methoxy groups -OCH3 is 1. The van der Waals surface area contributed by atoms with E-state index >= 15 is 0 Å². The number of carbonyl (C=O) groups is 1. The van der Waals surface area contributed by atoms with Gasteiger partial charge < -0.3 is 9.84 Å². The molecule has 3 aromatic rings. The molecular weight excluding hydrogens is 356 g/mol. The lowest BCUT2D eigenvalue weighted by atomic mass is 10.2. The summed E-state index contributed by atoms with van der Waals surface area (Å²) in [6, 6.07) is 20.8. The first-order valence-electron chi connectivity index (χ1n) is 8.43. The number of ether oxygens (including phenoxy) is 1. The molecule has 0 spiro atoms. The third-order valence-corrected chi connectivity index (χ3v) is 3.77. The molecule has 0 aliphatic rings. The third-order valence-electron chi connectivity index (χ3n) is 3.77. The predicted molar refractivity (Wildman–Crippen MR) is 107 cm³/mol. The summed E-state index contributed by atoms with van der Waals surface area (Å²) in [6.07, 6.45) is 1.34. The average molecular weight is 374 g/mol. The third kappa shape index (κ3) is 4.79. The van der Waals surface area contributed by atoms with E-state index in [0.717, 1.165) is 5.69 Å². The van der Waals surface area contributed by atoms with E-state index in [4.69, 9.17) is 4.74 Å².